The minimum absolute atomic E-state index is 0.288. The molecule has 7 heteroatoms. The van der Waals surface area contributed by atoms with Crippen molar-refractivity contribution in [2.45, 2.75) is 99.8 Å². The molecular weight excluding hydrogens is 521 g/mol. The number of halogens is 3. The molecule has 0 atom stereocenters. The summed E-state index contributed by atoms with van der Waals surface area (Å²) in [4.78, 5) is 4.11. The fourth-order valence-corrected chi connectivity index (χ4v) is 4.13. The molecule has 0 fully saturated rings. The second-order valence-electron chi connectivity index (χ2n) is 10.6. The number of benzene rings is 1. The summed E-state index contributed by atoms with van der Waals surface area (Å²) in [5, 5.41) is 8.23. The fourth-order valence-electron chi connectivity index (χ4n) is 2.45. The molecule has 1 aromatic carbocycles. The Labute approximate surface area is 212 Å². The smallest absolute Gasteiger partial charge is 0.0607 e. The molecule has 0 aliphatic rings. The van der Waals surface area contributed by atoms with Gasteiger partial charge in [-0.25, -0.2) is 0 Å². The molecule has 2 rings (SSSR count). The van der Waals surface area contributed by atoms with Crippen LogP contribution in [0.25, 0.3) is 0 Å². The summed E-state index contributed by atoms with van der Waals surface area (Å²) in [6, 6.07) is 10.7. The van der Waals surface area contributed by atoms with Gasteiger partial charge in [-0.1, -0.05) is 26.0 Å². The number of hydrogen-bond donors (Lipinski definition) is 1. The van der Waals surface area contributed by atoms with Gasteiger partial charge in [0.25, 0.3) is 0 Å². The Morgan fingerprint density at radius 3 is 1.47 bits per heavy atom. The molecule has 34 heavy (non-hydrogen) atoms. The fraction of sp³-hybridized carbons (Fsp3) is 0.593. The van der Waals surface area contributed by atoms with Crippen molar-refractivity contribution in [2.24, 2.45) is 8.91 Å². The maximum atomic E-state index is 11.3. The van der Waals surface area contributed by atoms with Crippen molar-refractivity contribution in [1.82, 2.24) is 4.98 Å². The Bertz CT molecular complexity index is 885. The zero-order valence-corrected chi connectivity index (χ0v) is 24.5. The predicted octanol–water partition coefficient (Wildman–Crippen LogP) is 8.26. The molecule has 3 nitrogen and oxygen atoms in total. The van der Waals surface area contributed by atoms with Gasteiger partial charge in [-0.05, 0) is 13.8 Å². The first-order valence-electron chi connectivity index (χ1n) is 11.5. The van der Waals surface area contributed by atoms with Crippen LogP contribution in [0.15, 0.2) is 33.8 Å². The summed E-state index contributed by atoms with van der Waals surface area (Å²) in [5.74, 6) is 1.08. The van der Waals surface area contributed by atoms with E-state index in [9.17, 15) is 13.2 Å². The Kier molecular flexibility index (Phi) is 13.1. The number of aromatic nitrogens is 1. The third-order valence-corrected chi connectivity index (χ3v) is 7.21. The van der Waals surface area contributed by atoms with Gasteiger partial charge in [0.2, 0.25) is 0 Å². The van der Waals surface area contributed by atoms with Crippen LogP contribution in [-0.2, 0) is 17.9 Å². The maximum absolute atomic E-state index is 11.3. The molecule has 0 unspecified atom stereocenters. The summed E-state index contributed by atoms with van der Waals surface area (Å²) in [6.45, 7) is 21.2. The average Bonchev–Trinajstić information content (AvgIpc) is 3.02. The van der Waals surface area contributed by atoms with E-state index in [0.29, 0.717) is 25.7 Å². The van der Waals surface area contributed by atoms with Crippen molar-refractivity contribution >= 4 is 10.1 Å². The van der Waals surface area contributed by atoms with Gasteiger partial charge in [-0.2, -0.15) is 24.6 Å². The molecule has 194 valence electrons. The molecule has 0 spiro atoms. The molecule has 0 aliphatic heterocycles. The van der Waals surface area contributed by atoms with Crippen LogP contribution >= 0.6 is 0 Å². The zero-order chi connectivity index (χ0) is 26.9. The standard InChI is InChI=1S/C12H17N.C6H8N.C5H10.C4H7F3O.Mo/c1-8(2)10-6-5-7-11(9(3)4)12(10)13;1-5-3-4-6(2)7-5;1-5(2,3)4;1-3(2,8)4(5,6)7;/h5-9H,1-4H3;3-4H,1-2H3;1H,2-4H3;8H,1-2H3;/q;-1;;;. The number of aryl methyl sites for hydroxylation is 2. The topological polar surface area (TPSA) is 46.7 Å². The van der Waals surface area contributed by atoms with Crippen LogP contribution in [0.3, 0.4) is 0 Å². The van der Waals surface area contributed by atoms with E-state index >= 15 is 0 Å². The largest absolute Gasteiger partial charge is 0.665 e. The third kappa shape index (κ3) is 12.9. The van der Waals surface area contributed by atoms with Crippen LogP contribution in [0.4, 0.5) is 18.9 Å². The minimum atomic E-state index is -4.51. The van der Waals surface area contributed by atoms with Gasteiger partial charge >= 0.3 is 133 Å². The minimum Gasteiger partial charge on any atom is -0.665 e. The Balaban J connectivity index is 0.000000592. The Morgan fingerprint density at radius 2 is 1.24 bits per heavy atom. The van der Waals surface area contributed by atoms with Gasteiger partial charge in [0.15, 0.2) is 5.60 Å². The van der Waals surface area contributed by atoms with E-state index in [1.165, 1.54) is 16.8 Å². The summed E-state index contributed by atoms with van der Waals surface area (Å²) < 4.78 is 41.4. The molecule has 0 saturated carbocycles. The number of hydrogen-bond acceptors (Lipinski definition) is 2. The molecule has 0 amide bonds. The quantitative estimate of drug-likeness (QED) is 0.382. The van der Waals surface area contributed by atoms with Crippen molar-refractivity contribution < 1.29 is 36.2 Å². The average molecular weight is 564 g/mol. The van der Waals surface area contributed by atoms with Crippen LogP contribution in [0, 0.1) is 19.3 Å². The van der Waals surface area contributed by atoms with Crippen molar-refractivity contribution in [3.8, 4) is 0 Å². The normalized spacial score (nSPS) is 11.9. The first-order chi connectivity index (χ1) is 15.3. The van der Waals surface area contributed by atoms with E-state index < -0.39 is 29.7 Å². The molecular formula is C27H42F3MoN2O-. The van der Waals surface area contributed by atoms with Gasteiger partial charge in [0.1, 0.15) is 0 Å². The van der Waals surface area contributed by atoms with E-state index in [1.54, 1.807) is 0 Å². The first-order valence-corrected chi connectivity index (χ1v) is 13.5. The molecule has 0 bridgehead atoms. The number of aliphatic hydroxyl groups is 1. The molecule has 2 aromatic rings. The first kappa shape index (κ1) is 32.6. The number of alkyl halides is 3. The molecule has 0 radical (unpaired) electrons. The summed E-state index contributed by atoms with van der Waals surface area (Å²) in [5.41, 5.74) is 4.02. The molecule has 1 N–H and O–H groups in total. The SMILES string of the molecule is CC(C)(O)C(F)(F)F.CC(C)c1cccc(C(C)C)c1[N]=[Mo]=[CH]C(C)(C)C.Cc1ccc(C)[n-]1. The van der Waals surface area contributed by atoms with E-state index in [0.717, 1.165) is 11.4 Å². The van der Waals surface area contributed by atoms with Gasteiger partial charge in [0.05, 0.1) is 0 Å². The second-order valence-corrected chi connectivity index (χ2v) is 12.1. The van der Waals surface area contributed by atoms with Crippen LogP contribution < -0.4 is 4.98 Å². The van der Waals surface area contributed by atoms with E-state index in [2.05, 4.69) is 76.1 Å². The van der Waals surface area contributed by atoms with Crippen molar-refractivity contribution in [1.29, 1.82) is 0 Å². The third-order valence-electron chi connectivity index (χ3n) is 4.50. The molecule has 0 saturated heterocycles. The summed E-state index contributed by atoms with van der Waals surface area (Å²) in [6.07, 6.45) is -4.51. The van der Waals surface area contributed by atoms with E-state index in [1.807, 2.05) is 26.0 Å². The van der Waals surface area contributed by atoms with Crippen molar-refractivity contribution in [3.63, 3.8) is 0 Å². The monoisotopic (exact) mass is 565 g/mol. The van der Waals surface area contributed by atoms with Gasteiger partial charge in [-0.15, -0.1) is 0 Å². The Hall–Kier alpha value is -1.39. The second kappa shape index (κ2) is 13.6. The van der Waals surface area contributed by atoms with Crippen LogP contribution in [0.2, 0.25) is 0 Å². The molecule has 1 aromatic heterocycles. The Morgan fingerprint density at radius 1 is 0.853 bits per heavy atom. The van der Waals surface area contributed by atoms with Gasteiger partial charge in [0, 0.05) is 0 Å². The van der Waals surface area contributed by atoms with Crippen LogP contribution in [0.5, 0.6) is 0 Å². The summed E-state index contributed by atoms with van der Waals surface area (Å²) in [7, 11) is 0. The van der Waals surface area contributed by atoms with Crippen LogP contribution in [-0.4, -0.2) is 21.3 Å². The number of rotatable bonds is 3. The van der Waals surface area contributed by atoms with Gasteiger partial charge < -0.3 is 10.1 Å². The van der Waals surface area contributed by atoms with E-state index in [-0.39, 0.29) is 5.41 Å². The molecule has 0 aliphatic carbocycles. The zero-order valence-electron chi connectivity index (χ0n) is 22.5. The maximum Gasteiger partial charge on any atom is -0.0607 e. The molecule has 1 heterocycles. The van der Waals surface area contributed by atoms with Gasteiger partial charge in [-0.3, -0.25) is 0 Å². The number of nitrogens with zero attached hydrogens (tertiary/aromatic N) is 2. The van der Waals surface area contributed by atoms with Crippen molar-refractivity contribution in [3.05, 3.63) is 52.8 Å². The predicted molar refractivity (Wildman–Crippen MR) is 134 cm³/mol. The van der Waals surface area contributed by atoms with E-state index in [4.69, 9.17) is 8.60 Å². The van der Waals surface area contributed by atoms with Crippen molar-refractivity contribution in [2.75, 3.05) is 0 Å². The summed E-state index contributed by atoms with van der Waals surface area (Å²) >= 11 is -0.415. The van der Waals surface area contributed by atoms with Crippen LogP contribution in [0.1, 0.15) is 96.7 Å².